The van der Waals surface area contributed by atoms with Crippen LogP contribution in [0.25, 0.3) is 0 Å². The number of carbonyl (C=O) groups is 1. The second-order valence-electron chi connectivity index (χ2n) is 8.21. The molecule has 180 valence electrons. The Balaban J connectivity index is 1.70. The van der Waals surface area contributed by atoms with Crippen LogP contribution < -0.4 is 5.32 Å². The summed E-state index contributed by atoms with van der Waals surface area (Å²) < 4.78 is 103. The normalized spacial score (nSPS) is 22.1. The number of benzene rings is 1. The molecule has 2 aromatic rings. The number of hydrogen-bond donors (Lipinski definition) is 1. The highest BCUT2D eigenvalue weighted by molar-refractivity contribution is 7.92. The van der Waals surface area contributed by atoms with E-state index in [0.29, 0.717) is 12.1 Å². The number of halogens is 6. The van der Waals surface area contributed by atoms with E-state index in [9.17, 15) is 39.6 Å². The van der Waals surface area contributed by atoms with E-state index in [2.05, 4.69) is 10.3 Å². The minimum Gasteiger partial charge on any atom is -0.346 e. The highest BCUT2D eigenvalue weighted by atomic mass is 32.2. The highest BCUT2D eigenvalue weighted by Crippen LogP contribution is 2.36. The lowest BCUT2D eigenvalue weighted by atomic mass is 9.83. The fourth-order valence-corrected chi connectivity index (χ4v) is 5.58. The third kappa shape index (κ3) is 5.66. The number of amides is 1. The van der Waals surface area contributed by atoms with Gasteiger partial charge < -0.3 is 5.32 Å². The predicted molar refractivity (Wildman–Crippen MR) is 106 cm³/mol. The van der Waals surface area contributed by atoms with E-state index < -0.39 is 60.6 Å². The Kier molecular flexibility index (Phi) is 6.53. The molecule has 3 rings (SSSR count). The standard InChI is InChI=1S/C21H20F6N2O3S/c1-19(29-18(30)17-12-14(7-10-28-17)21(25,26)27)8-5-15(6-9-19)33(31,32)16-4-2-3-13(11-16)20(22,23)24/h2-4,7,10-12,15H,5-6,8-9H2,1H3,(H,29,30). The molecule has 0 aliphatic heterocycles. The first-order valence-corrected chi connectivity index (χ1v) is 11.4. The molecule has 0 saturated heterocycles. The molecule has 0 atom stereocenters. The summed E-state index contributed by atoms with van der Waals surface area (Å²) in [6, 6.07) is 4.90. The number of hydrogen-bond acceptors (Lipinski definition) is 4. The lowest BCUT2D eigenvalue weighted by molar-refractivity contribution is -0.138. The molecule has 0 spiro atoms. The third-order valence-corrected chi connectivity index (χ3v) is 7.96. The van der Waals surface area contributed by atoms with Gasteiger partial charge in [-0.1, -0.05) is 6.07 Å². The van der Waals surface area contributed by atoms with Crippen LogP contribution in [0.15, 0.2) is 47.5 Å². The van der Waals surface area contributed by atoms with Gasteiger partial charge in [-0.2, -0.15) is 26.3 Å². The molecule has 1 amide bonds. The molecule has 33 heavy (non-hydrogen) atoms. The summed E-state index contributed by atoms with van der Waals surface area (Å²) in [6.45, 7) is 1.63. The average molecular weight is 494 g/mol. The Morgan fingerprint density at radius 3 is 2.15 bits per heavy atom. The van der Waals surface area contributed by atoms with Gasteiger partial charge in [-0.25, -0.2) is 8.42 Å². The first-order chi connectivity index (χ1) is 15.1. The minimum atomic E-state index is -4.68. The molecular weight excluding hydrogens is 474 g/mol. The maximum Gasteiger partial charge on any atom is 0.416 e. The van der Waals surface area contributed by atoms with Crippen molar-refractivity contribution in [3.63, 3.8) is 0 Å². The van der Waals surface area contributed by atoms with Gasteiger partial charge in [0.2, 0.25) is 0 Å². The predicted octanol–water partition coefficient (Wildman–Crippen LogP) is 5.02. The van der Waals surface area contributed by atoms with Crippen LogP contribution in [0, 0.1) is 0 Å². The smallest absolute Gasteiger partial charge is 0.346 e. The molecule has 1 heterocycles. The highest BCUT2D eigenvalue weighted by Gasteiger charge is 2.40. The van der Waals surface area contributed by atoms with Gasteiger partial charge >= 0.3 is 12.4 Å². The summed E-state index contributed by atoms with van der Waals surface area (Å²) in [6.07, 6.45) is -7.99. The Hall–Kier alpha value is -2.63. The number of carbonyl (C=O) groups excluding carboxylic acids is 1. The van der Waals surface area contributed by atoms with Crippen molar-refractivity contribution in [1.82, 2.24) is 10.3 Å². The van der Waals surface area contributed by atoms with Crippen LogP contribution in [-0.2, 0) is 22.2 Å². The molecule has 1 saturated carbocycles. The summed E-state index contributed by atoms with van der Waals surface area (Å²) in [4.78, 5) is 15.7. The zero-order chi connectivity index (χ0) is 24.7. The van der Waals surface area contributed by atoms with Gasteiger partial charge in [-0.3, -0.25) is 9.78 Å². The van der Waals surface area contributed by atoms with Crippen molar-refractivity contribution in [3.8, 4) is 0 Å². The topological polar surface area (TPSA) is 76.1 Å². The minimum absolute atomic E-state index is 0.0609. The number of alkyl halides is 6. The van der Waals surface area contributed by atoms with E-state index >= 15 is 0 Å². The largest absolute Gasteiger partial charge is 0.416 e. The van der Waals surface area contributed by atoms with Crippen molar-refractivity contribution in [2.75, 3.05) is 0 Å². The number of pyridine rings is 1. The van der Waals surface area contributed by atoms with Gasteiger partial charge in [0, 0.05) is 11.7 Å². The molecule has 0 radical (unpaired) electrons. The van der Waals surface area contributed by atoms with Gasteiger partial charge in [-0.15, -0.1) is 0 Å². The van der Waals surface area contributed by atoms with Crippen LogP contribution in [0.3, 0.4) is 0 Å². The van der Waals surface area contributed by atoms with Gasteiger partial charge in [0.25, 0.3) is 5.91 Å². The number of rotatable bonds is 4. The van der Waals surface area contributed by atoms with Crippen molar-refractivity contribution < 1.29 is 39.6 Å². The quantitative estimate of drug-likeness (QED) is 0.606. The first-order valence-electron chi connectivity index (χ1n) is 9.89. The molecule has 0 bridgehead atoms. The van der Waals surface area contributed by atoms with Crippen molar-refractivity contribution in [2.24, 2.45) is 0 Å². The van der Waals surface area contributed by atoms with Crippen molar-refractivity contribution >= 4 is 15.7 Å². The van der Waals surface area contributed by atoms with E-state index in [1.54, 1.807) is 6.92 Å². The van der Waals surface area contributed by atoms with Crippen LogP contribution in [0.2, 0.25) is 0 Å². The fraction of sp³-hybridized carbons (Fsp3) is 0.429. The summed E-state index contributed by atoms with van der Waals surface area (Å²) in [5.74, 6) is -0.831. The second kappa shape index (κ2) is 8.62. The van der Waals surface area contributed by atoms with Crippen molar-refractivity contribution in [1.29, 1.82) is 0 Å². The van der Waals surface area contributed by atoms with Crippen LogP contribution in [0.1, 0.15) is 54.2 Å². The van der Waals surface area contributed by atoms with Gasteiger partial charge in [0.1, 0.15) is 5.69 Å². The second-order valence-corrected chi connectivity index (χ2v) is 10.4. The van der Waals surface area contributed by atoms with E-state index in [4.69, 9.17) is 0 Å². The summed E-state index contributed by atoms with van der Waals surface area (Å²) in [7, 11) is -4.05. The van der Waals surface area contributed by atoms with Crippen LogP contribution in [-0.4, -0.2) is 30.1 Å². The zero-order valence-corrected chi connectivity index (χ0v) is 18.1. The molecule has 5 nitrogen and oxygen atoms in total. The SMILES string of the molecule is CC1(NC(=O)c2cc(C(F)(F)F)ccn2)CCC(S(=O)(=O)c2cccc(C(F)(F)F)c2)CC1. The first kappa shape index (κ1) is 25.0. The van der Waals surface area contributed by atoms with E-state index in [-0.39, 0.29) is 25.7 Å². The molecule has 12 heteroatoms. The van der Waals surface area contributed by atoms with Crippen molar-refractivity contribution in [3.05, 3.63) is 59.4 Å². The lowest BCUT2D eigenvalue weighted by Crippen LogP contribution is -2.50. The lowest BCUT2D eigenvalue weighted by Gasteiger charge is -2.37. The summed E-state index contributed by atoms with van der Waals surface area (Å²) >= 11 is 0. The molecule has 0 unspecified atom stereocenters. The number of aromatic nitrogens is 1. The molecular formula is C21H20F6N2O3S. The molecule has 1 aliphatic rings. The van der Waals surface area contributed by atoms with E-state index in [1.165, 1.54) is 0 Å². The number of nitrogens with one attached hydrogen (secondary N) is 1. The fourth-order valence-electron chi connectivity index (χ4n) is 3.77. The zero-order valence-electron chi connectivity index (χ0n) is 17.3. The maximum atomic E-state index is 12.9. The van der Waals surface area contributed by atoms with E-state index in [1.807, 2.05) is 0 Å². The Labute approximate surface area is 186 Å². The molecule has 1 aromatic carbocycles. The van der Waals surface area contributed by atoms with Crippen LogP contribution in [0.5, 0.6) is 0 Å². The molecule has 1 aromatic heterocycles. The summed E-state index contributed by atoms with van der Waals surface area (Å²) in [5, 5.41) is 1.67. The third-order valence-electron chi connectivity index (χ3n) is 5.70. The van der Waals surface area contributed by atoms with E-state index in [0.717, 1.165) is 30.5 Å². The maximum absolute atomic E-state index is 12.9. The summed E-state index contributed by atoms with van der Waals surface area (Å²) in [5.41, 5.74) is -3.43. The molecule has 1 N–H and O–H groups in total. The van der Waals surface area contributed by atoms with Crippen molar-refractivity contribution in [2.45, 2.75) is 60.6 Å². The van der Waals surface area contributed by atoms with Crippen LogP contribution >= 0.6 is 0 Å². The monoisotopic (exact) mass is 494 g/mol. The number of sulfone groups is 1. The Bertz CT molecular complexity index is 1140. The molecule has 1 aliphatic carbocycles. The average Bonchev–Trinajstić information content (AvgIpc) is 2.73. The van der Waals surface area contributed by atoms with Gasteiger partial charge in [-0.05, 0) is 62.9 Å². The van der Waals surface area contributed by atoms with Gasteiger partial charge in [0.05, 0.1) is 21.3 Å². The van der Waals surface area contributed by atoms with Crippen LogP contribution in [0.4, 0.5) is 26.3 Å². The molecule has 1 fully saturated rings. The van der Waals surface area contributed by atoms with Gasteiger partial charge in [0.15, 0.2) is 9.84 Å². The Morgan fingerprint density at radius 1 is 1.00 bits per heavy atom. The number of nitrogens with zero attached hydrogens (tertiary/aromatic N) is 1. The Morgan fingerprint density at radius 2 is 1.58 bits per heavy atom.